The van der Waals surface area contributed by atoms with E-state index in [0.29, 0.717) is 11.4 Å². The maximum Gasteiger partial charge on any atom is 0.160 e. The van der Waals surface area contributed by atoms with E-state index in [4.69, 9.17) is 10.5 Å². The SMILES string of the molecule is CCC(C)(C)Oc1c(N)cncc1Br. The molecule has 0 bridgehead atoms. The minimum atomic E-state index is -0.210. The van der Waals surface area contributed by atoms with E-state index in [0.717, 1.165) is 10.9 Å². The van der Waals surface area contributed by atoms with Crippen LogP contribution in [0.1, 0.15) is 27.2 Å². The summed E-state index contributed by atoms with van der Waals surface area (Å²) in [5.74, 6) is 0.673. The van der Waals surface area contributed by atoms with Crippen LogP contribution < -0.4 is 10.5 Å². The molecule has 0 aliphatic heterocycles. The molecule has 0 aromatic carbocycles. The van der Waals surface area contributed by atoms with Gasteiger partial charge in [-0.3, -0.25) is 4.98 Å². The molecule has 0 saturated heterocycles. The van der Waals surface area contributed by atoms with Gasteiger partial charge in [0.2, 0.25) is 0 Å². The smallest absolute Gasteiger partial charge is 0.160 e. The zero-order valence-corrected chi connectivity index (χ0v) is 10.3. The molecule has 0 aliphatic rings. The highest BCUT2D eigenvalue weighted by molar-refractivity contribution is 9.10. The minimum Gasteiger partial charge on any atom is -0.484 e. The fourth-order valence-electron chi connectivity index (χ4n) is 0.894. The molecule has 1 aromatic heterocycles. The molecule has 1 rings (SSSR count). The molecule has 1 heterocycles. The minimum absolute atomic E-state index is 0.210. The molecule has 0 aliphatic carbocycles. The Labute approximate surface area is 92.8 Å². The van der Waals surface area contributed by atoms with Crippen LogP contribution in [0.15, 0.2) is 16.9 Å². The zero-order valence-electron chi connectivity index (χ0n) is 8.67. The van der Waals surface area contributed by atoms with E-state index in [1.165, 1.54) is 0 Å². The van der Waals surface area contributed by atoms with Crippen molar-refractivity contribution in [3.8, 4) is 5.75 Å². The second-order valence-electron chi connectivity index (χ2n) is 3.75. The molecule has 4 heteroatoms. The van der Waals surface area contributed by atoms with Gasteiger partial charge in [-0.25, -0.2) is 0 Å². The predicted molar refractivity (Wildman–Crippen MR) is 61.3 cm³/mol. The van der Waals surface area contributed by atoms with Crippen molar-refractivity contribution in [2.45, 2.75) is 32.8 Å². The largest absolute Gasteiger partial charge is 0.484 e. The van der Waals surface area contributed by atoms with Gasteiger partial charge in [0.05, 0.1) is 16.4 Å². The van der Waals surface area contributed by atoms with E-state index < -0.39 is 0 Å². The predicted octanol–water partition coefficient (Wildman–Crippen LogP) is 2.99. The number of nitrogens with zero attached hydrogens (tertiary/aromatic N) is 1. The van der Waals surface area contributed by atoms with Gasteiger partial charge in [-0.15, -0.1) is 0 Å². The quantitative estimate of drug-likeness (QED) is 0.907. The molecule has 0 unspecified atom stereocenters. The Bertz CT molecular complexity index is 306. The second kappa shape index (κ2) is 4.17. The van der Waals surface area contributed by atoms with Crippen LogP contribution >= 0.6 is 15.9 Å². The molecule has 0 amide bonds. The number of ether oxygens (including phenoxy) is 1. The highest BCUT2D eigenvalue weighted by atomic mass is 79.9. The summed E-state index contributed by atoms with van der Waals surface area (Å²) in [5.41, 5.74) is 6.11. The number of anilines is 1. The number of aromatic nitrogens is 1. The summed E-state index contributed by atoms with van der Waals surface area (Å²) in [6.45, 7) is 6.13. The van der Waals surface area contributed by atoms with Crippen molar-refractivity contribution in [3.63, 3.8) is 0 Å². The summed E-state index contributed by atoms with van der Waals surface area (Å²) in [6.07, 6.45) is 4.18. The molecule has 1 aromatic rings. The Hall–Kier alpha value is -0.770. The van der Waals surface area contributed by atoms with Crippen molar-refractivity contribution < 1.29 is 4.74 Å². The molecule has 0 saturated carbocycles. The van der Waals surface area contributed by atoms with E-state index in [1.807, 2.05) is 13.8 Å². The number of nitrogen functional groups attached to an aromatic ring is 1. The summed E-state index contributed by atoms with van der Waals surface area (Å²) >= 11 is 3.36. The average Bonchev–Trinajstić information content (AvgIpc) is 2.12. The molecule has 0 atom stereocenters. The summed E-state index contributed by atoms with van der Waals surface area (Å²) in [6, 6.07) is 0. The fraction of sp³-hybridized carbons (Fsp3) is 0.500. The van der Waals surface area contributed by atoms with Crippen molar-refractivity contribution in [1.29, 1.82) is 0 Å². The number of nitrogens with two attached hydrogens (primary N) is 1. The van der Waals surface area contributed by atoms with Crippen LogP contribution in [-0.4, -0.2) is 10.6 Å². The van der Waals surface area contributed by atoms with Gasteiger partial charge in [0.25, 0.3) is 0 Å². The van der Waals surface area contributed by atoms with Gasteiger partial charge in [0.15, 0.2) is 5.75 Å². The molecular formula is C10H15BrN2O. The fourth-order valence-corrected chi connectivity index (χ4v) is 1.32. The van der Waals surface area contributed by atoms with Crippen LogP contribution in [0.4, 0.5) is 5.69 Å². The van der Waals surface area contributed by atoms with Gasteiger partial charge in [-0.05, 0) is 36.2 Å². The Kier molecular flexibility index (Phi) is 3.37. The van der Waals surface area contributed by atoms with Gasteiger partial charge < -0.3 is 10.5 Å². The van der Waals surface area contributed by atoms with Crippen LogP contribution in [0.5, 0.6) is 5.75 Å². The lowest BCUT2D eigenvalue weighted by atomic mass is 10.1. The maximum atomic E-state index is 5.80. The van der Waals surface area contributed by atoms with Crippen LogP contribution in [-0.2, 0) is 0 Å². The third-order valence-electron chi connectivity index (χ3n) is 2.11. The summed E-state index contributed by atoms with van der Waals surface area (Å²) in [7, 11) is 0. The van der Waals surface area contributed by atoms with Gasteiger partial charge in [0, 0.05) is 6.20 Å². The number of halogens is 1. The Balaban J connectivity index is 2.97. The standard InChI is InChI=1S/C10H15BrN2O/c1-4-10(2,3)14-9-7(11)5-13-6-8(9)12/h5-6H,4,12H2,1-3H3. The number of hydrogen-bond donors (Lipinski definition) is 1. The van der Waals surface area contributed by atoms with Crippen molar-refractivity contribution in [1.82, 2.24) is 4.98 Å². The van der Waals surface area contributed by atoms with Crippen molar-refractivity contribution >= 4 is 21.6 Å². The first-order valence-electron chi connectivity index (χ1n) is 4.54. The van der Waals surface area contributed by atoms with E-state index in [9.17, 15) is 0 Å². The Morgan fingerprint density at radius 2 is 2.14 bits per heavy atom. The third-order valence-corrected chi connectivity index (χ3v) is 2.68. The molecule has 3 nitrogen and oxygen atoms in total. The number of pyridine rings is 1. The van der Waals surface area contributed by atoms with Crippen LogP contribution in [0.2, 0.25) is 0 Å². The monoisotopic (exact) mass is 258 g/mol. The van der Waals surface area contributed by atoms with Crippen molar-refractivity contribution in [3.05, 3.63) is 16.9 Å². The molecule has 2 N–H and O–H groups in total. The van der Waals surface area contributed by atoms with Crippen LogP contribution in [0.3, 0.4) is 0 Å². The van der Waals surface area contributed by atoms with Gasteiger partial charge in [0.1, 0.15) is 5.60 Å². The molecule has 0 fully saturated rings. The zero-order chi connectivity index (χ0) is 10.8. The first kappa shape index (κ1) is 11.3. The summed E-state index contributed by atoms with van der Waals surface area (Å²) < 4.78 is 6.59. The number of hydrogen-bond acceptors (Lipinski definition) is 3. The Morgan fingerprint density at radius 3 is 2.64 bits per heavy atom. The molecule has 0 radical (unpaired) electrons. The number of rotatable bonds is 3. The Morgan fingerprint density at radius 1 is 1.50 bits per heavy atom. The normalized spacial score (nSPS) is 11.4. The topological polar surface area (TPSA) is 48.1 Å². The summed E-state index contributed by atoms with van der Waals surface area (Å²) in [4.78, 5) is 3.95. The van der Waals surface area contributed by atoms with E-state index in [1.54, 1.807) is 12.4 Å². The van der Waals surface area contributed by atoms with E-state index >= 15 is 0 Å². The van der Waals surface area contributed by atoms with E-state index in [-0.39, 0.29) is 5.60 Å². The first-order valence-corrected chi connectivity index (χ1v) is 5.33. The third kappa shape index (κ3) is 2.61. The van der Waals surface area contributed by atoms with Crippen LogP contribution in [0, 0.1) is 0 Å². The van der Waals surface area contributed by atoms with Crippen LogP contribution in [0.25, 0.3) is 0 Å². The highest BCUT2D eigenvalue weighted by Crippen LogP contribution is 2.33. The molecular weight excluding hydrogens is 244 g/mol. The lowest BCUT2D eigenvalue weighted by molar-refractivity contribution is 0.105. The highest BCUT2D eigenvalue weighted by Gasteiger charge is 2.19. The van der Waals surface area contributed by atoms with Gasteiger partial charge in [-0.1, -0.05) is 6.92 Å². The second-order valence-corrected chi connectivity index (χ2v) is 4.61. The van der Waals surface area contributed by atoms with Gasteiger partial charge in [-0.2, -0.15) is 0 Å². The molecule has 78 valence electrons. The summed E-state index contributed by atoms with van der Waals surface area (Å²) in [5, 5.41) is 0. The maximum absolute atomic E-state index is 5.80. The molecule has 14 heavy (non-hydrogen) atoms. The van der Waals surface area contributed by atoms with Crippen molar-refractivity contribution in [2.24, 2.45) is 0 Å². The van der Waals surface area contributed by atoms with Gasteiger partial charge >= 0.3 is 0 Å². The average molecular weight is 259 g/mol. The first-order chi connectivity index (χ1) is 6.46. The molecule has 0 spiro atoms. The van der Waals surface area contributed by atoms with Crippen molar-refractivity contribution in [2.75, 3.05) is 5.73 Å². The van der Waals surface area contributed by atoms with E-state index in [2.05, 4.69) is 27.8 Å². The lowest BCUT2D eigenvalue weighted by Crippen LogP contribution is -2.27. The lowest BCUT2D eigenvalue weighted by Gasteiger charge is -2.26.